The first-order valence-corrected chi connectivity index (χ1v) is 7.57. The molecule has 1 unspecified atom stereocenters. The Bertz CT molecular complexity index is 671. The van der Waals surface area contributed by atoms with Crippen LogP contribution in [0.5, 0.6) is 0 Å². The Kier molecular flexibility index (Phi) is 3.86. The fraction of sp³-hybridized carbons (Fsp3) is 0.278. The standard InChI is InChI=1S/C18H21N3O/c1-14-8-6-7-11-16(14)21-17(22)19-18(2,20-21)13-12-15-9-4-3-5-10-15/h3-11,20H,12-13H2,1-2H3,(H,19,22). The molecule has 0 spiro atoms. The van der Waals surface area contributed by atoms with Crippen molar-refractivity contribution in [3.05, 3.63) is 65.7 Å². The number of benzene rings is 2. The van der Waals surface area contributed by atoms with E-state index < -0.39 is 5.66 Å². The number of aryl methyl sites for hydroxylation is 2. The van der Waals surface area contributed by atoms with Crippen molar-refractivity contribution in [2.75, 3.05) is 5.01 Å². The van der Waals surface area contributed by atoms with Crippen molar-refractivity contribution in [2.24, 2.45) is 0 Å². The van der Waals surface area contributed by atoms with E-state index in [4.69, 9.17) is 0 Å². The van der Waals surface area contributed by atoms with Gasteiger partial charge in [0.15, 0.2) is 0 Å². The quantitative estimate of drug-likeness (QED) is 0.908. The van der Waals surface area contributed by atoms with Crippen molar-refractivity contribution >= 4 is 11.7 Å². The van der Waals surface area contributed by atoms with Gasteiger partial charge in [0.25, 0.3) is 0 Å². The predicted molar refractivity (Wildman–Crippen MR) is 88.5 cm³/mol. The van der Waals surface area contributed by atoms with Crippen molar-refractivity contribution in [3.8, 4) is 0 Å². The molecule has 0 aliphatic carbocycles. The van der Waals surface area contributed by atoms with E-state index in [1.54, 1.807) is 5.01 Å². The highest BCUT2D eigenvalue weighted by Crippen LogP contribution is 2.24. The molecule has 114 valence electrons. The summed E-state index contributed by atoms with van der Waals surface area (Å²) in [5, 5.41) is 4.66. The number of hydrogen-bond donors (Lipinski definition) is 2. The van der Waals surface area contributed by atoms with Crippen molar-refractivity contribution in [1.82, 2.24) is 10.7 Å². The van der Waals surface area contributed by atoms with Gasteiger partial charge in [0.05, 0.1) is 5.69 Å². The number of hydrazine groups is 1. The Labute approximate surface area is 131 Å². The summed E-state index contributed by atoms with van der Waals surface area (Å²) < 4.78 is 0. The summed E-state index contributed by atoms with van der Waals surface area (Å²) in [7, 11) is 0. The highest BCUT2D eigenvalue weighted by molar-refractivity contribution is 5.94. The van der Waals surface area contributed by atoms with E-state index >= 15 is 0 Å². The maximum Gasteiger partial charge on any atom is 0.338 e. The van der Waals surface area contributed by atoms with Crippen LogP contribution in [0, 0.1) is 6.92 Å². The van der Waals surface area contributed by atoms with E-state index in [2.05, 4.69) is 22.9 Å². The summed E-state index contributed by atoms with van der Waals surface area (Å²) in [6, 6.07) is 18.1. The van der Waals surface area contributed by atoms with Crippen LogP contribution < -0.4 is 15.8 Å². The Morgan fingerprint density at radius 1 is 1.05 bits per heavy atom. The lowest BCUT2D eigenvalue weighted by Gasteiger charge is -2.25. The third kappa shape index (κ3) is 2.97. The Morgan fingerprint density at radius 2 is 1.73 bits per heavy atom. The molecule has 1 aliphatic heterocycles. The Balaban J connectivity index is 1.72. The fourth-order valence-corrected chi connectivity index (χ4v) is 2.76. The number of hydrogen-bond acceptors (Lipinski definition) is 2. The summed E-state index contributed by atoms with van der Waals surface area (Å²) in [5.74, 6) is 0. The number of nitrogens with zero attached hydrogens (tertiary/aromatic N) is 1. The molecule has 2 aromatic carbocycles. The average molecular weight is 295 g/mol. The number of carbonyl (C=O) groups excluding carboxylic acids is 1. The zero-order valence-electron chi connectivity index (χ0n) is 13.0. The van der Waals surface area contributed by atoms with Gasteiger partial charge in [-0.2, -0.15) is 0 Å². The molecule has 1 fully saturated rings. The van der Waals surface area contributed by atoms with Crippen LogP contribution >= 0.6 is 0 Å². The number of rotatable bonds is 4. The molecule has 4 nitrogen and oxygen atoms in total. The summed E-state index contributed by atoms with van der Waals surface area (Å²) in [6.45, 7) is 4.02. The molecule has 1 saturated heterocycles. The first-order chi connectivity index (χ1) is 10.6. The van der Waals surface area contributed by atoms with Gasteiger partial charge in [0.1, 0.15) is 5.66 Å². The Morgan fingerprint density at radius 3 is 2.45 bits per heavy atom. The first-order valence-electron chi connectivity index (χ1n) is 7.57. The van der Waals surface area contributed by atoms with Gasteiger partial charge >= 0.3 is 6.03 Å². The zero-order chi connectivity index (χ0) is 15.6. The van der Waals surface area contributed by atoms with Gasteiger partial charge in [-0.25, -0.2) is 15.2 Å². The second kappa shape index (κ2) is 5.81. The molecule has 0 radical (unpaired) electrons. The number of amides is 2. The van der Waals surface area contributed by atoms with E-state index in [-0.39, 0.29) is 6.03 Å². The van der Waals surface area contributed by atoms with Gasteiger partial charge in [0, 0.05) is 0 Å². The van der Waals surface area contributed by atoms with Gasteiger partial charge in [0.2, 0.25) is 0 Å². The van der Waals surface area contributed by atoms with Crippen LogP contribution in [0.15, 0.2) is 54.6 Å². The average Bonchev–Trinajstić information content (AvgIpc) is 2.82. The maximum absolute atomic E-state index is 12.3. The number of urea groups is 1. The lowest BCUT2D eigenvalue weighted by molar-refractivity contribution is 0.246. The van der Waals surface area contributed by atoms with Crippen LogP contribution in [0.4, 0.5) is 10.5 Å². The van der Waals surface area contributed by atoms with Gasteiger partial charge in [-0.1, -0.05) is 48.5 Å². The molecule has 4 heteroatoms. The number of anilines is 1. The summed E-state index contributed by atoms with van der Waals surface area (Å²) >= 11 is 0. The molecule has 3 rings (SSSR count). The van der Waals surface area contributed by atoms with E-state index in [1.807, 2.05) is 56.3 Å². The largest absolute Gasteiger partial charge is 0.338 e. The van der Waals surface area contributed by atoms with Crippen LogP contribution in [-0.4, -0.2) is 11.7 Å². The molecule has 2 N–H and O–H groups in total. The summed E-state index contributed by atoms with van der Waals surface area (Å²) in [4.78, 5) is 12.3. The molecule has 0 saturated carbocycles. The summed E-state index contributed by atoms with van der Waals surface area (Å²) in [5.41, 5.74) is 6.11. The molecule has 22 heavy (non-hydrogen) atoms. The summed E-state index contributed by atoms with van der Waals surface area (Å²) in [6.07, 6.45) is 1.73. The number of para-hydroxylation sites is 1. The zero-order valence-corrected chi connectivity index (χ0v) is 13.0. The smallest absolute Gasteiger partial charge is 0.317 e. The third-order valence-corrected chi connectivity index (χ3v) is 4.06. The van der Waals surface area contributed by atoms with Crippen molar-refractivity contribution < 1.29 is 4.79 Å². The SMILES string of the molecule is Cc1ccccc1N1NC(C)(CCc2ccccc2)NC1=O. The number of carbonyl (C=O) groups is 1. The van der Waals surface area contributed by atoms with Crippen LogP contribution in [-0.2, 0) is 6.42 Å². The highest BCUT2D eigenvalue weighted by atomic mass is 16.2. The third-order valence-electron chi connectivity index (χ3n) is 4.06. The fourth-order valence-electron chi connectivity index (χ4n) is 2.76. The lowest BCUT2D eigenvalue weighted by atomic mass is 10.0. The highest BCUT2D eigenvalue weighted by Gasteiger charge is 2.38. The van der Waals surface area contributed by atoms with E-state index in [9.17, 15) is 4.79 Å². The predicted octanol–water partition coefficient (Wildman–Crippen LogP) is 3.38. The monoisotopic (exact) mass is 295 g/mol. The van der Waals surface area contributed by atoms with Crippen LogP contribution in [0.2, 0.25) is 0 Å². The van der Waals surface area contributed by atoms with Crippen molar-refractivity contribution in [1.29, 1.82) is 0 Å². The molecule has 0 bridgehead atoms. The Hall–Kier alpha value is -2.33. The maximum atomic E-state index is 12.3. The van der Waals surface area contributed by atoms with Gasteiger partial charge in [-0.3, -0.25) is 0 Å². The van der Waals surface area contributed by atoms with E-state index in [0.29, 0.717) is 0 Å². The first kappa shape index (κ1) is 14.6. The molecule has 1 aliphatic rings. The minimum Gasteiger partial charge on any atom is -0.317 e. The number of nitrogens with one attached hydrogen (secondary N) is 2. The molecule has 1 atom stereocenters. The topological polar surface area (TPSA) is 44.4 Å². The molecule has 2 amide bonds. The van der Waals surface area contributed by atoms with Crippen LogP contribution in [0.25, 0.3) is 0 Å². The van der Waals surface area contributed by atoms with Gasteiger partial charge in [-0.05, 0) is 43.9 Å². The molecule has 1 heterocycles. The minimum atomic E-state index is -0.435. The van der Waals surface area contributed by atoms with E-state index in [1.165, 1.54) is 5.56 Å². The molecular formula is C18H21N3O. The van der Waals surface area contributed by atoms with Crippen LogP contribution in [0.3, 0.4) is 0 Å². The van der Waals surface area contributed by atoms with Gasteiger partial charge in [-0.15, -0.1) is 0 Å². The lowest BCUT2D eigenvalue weighted by Crippen LogP contribution is -2.49. The van der Waals surface area contributed by atoms with Gasteiger partial charge < -0.3 is 5.32 Å². The van der Waals surface area contributed by atoms with Crippen LogP contribution in [0.1, 0.15) is 24.5 Å². The minimum absolute atomic E-state index is 0.107. The molecule has 2 aromatic rings. The van der Waals surface area contributed by atoms with Crippen molar-refractivity contribution in [3.63, 3.8) is 0 Å². The molecule has 0 aromatic heterocycles. The second-order valence-corrected chi connectivity index (χ2v) is 5.98. The molecular weight excluding hydrogens is 274 g/mol. The van der Waals surface area contributed by atoms with Crippen molar-refractivity contribution in [2.45, 2.75) is 32.4 Å². The van der Waals surface area contributed by atoms with E-state index in [0.717, 1.165) is 24.1 Å². The second-order valence-electron chi connectivity index (χ2n) is 5.98. The normalized spacial score (nSPS) is 21.0.